The van der Waals surface area contributed by atoms with E-state index in [4.69, 9.17) is 5.10 Å². The van der Waals surface area contributed by atoms with Crippen molar-refractivity contribution in [2.75, 3.05) is 24.2 Å². The summed E-state index contributed by atoms with van der Waals surface area (Å²) in [6, 6.07) is 10.3. The summed E-state index contributed by atoms with van der Waals surface area (Å²) in [7, 11) is 0. The number of nitrogens with zero attached hydrogens (tertiary/aromatic N) is 3. The Hall–Kier alpha value is -2.14. The number of thioether (sulfide) groups is 1. The second-order valence-electron chi connectivity index (χ2n) is 8.83. The summed E-state index contributed by atoms with van der Waals surface area (Å²) in [4.78, 5) is 2.61. The first-order valence-electron chi connectivity index (χ1n) is 10.7. The van der Waals surface area contributed by atoms with Crippen LogP contribution in [0.3, 0.4) is 0 Å². The maximum absolute atomic E-state index is 10.7. The SMILES string of the molecule is CSc1nn2c(-c3c(C)cc(C)cc3O)cccc2c1N(CC1CC1)CC1CC1. The molecule has 5 rings (SSSR count). The smallest absolute Gasteiger partial charge is 0.142 e. The average molecular weight is 408 g/mol. The number of fused-ring (bicyclic) bond motifs is 1. The monoisotopic (exact) mass is 407 g/mol. The minimum absolute atomic E-state index is 0.325. The van der Waals surface area contributed by atoms with Crippen molar-refractivity contribution in [1.29, 1.82) is 0 Å². The van der Waals surface area contributed by atoms with E-state index in [1.54, 1.807) is 11.8 Å². The van der Waals surface area contributed by atoms with Gasteiger partial charge in [-0.05, 0) is 86.9 Å². The van der Waals surface area contributed by atoms with Crippen LogP contribution in [0, 0.1) is 25.7 Å². The molecule has 0 unspecified atom stereocenters. The Labute approximate surface area is 176 Å². The van der Waals surface area contributed by atoms with Crippen molar-refractivity contribution in [3.05, 3.63) is 41.5 Å². The lowest BCUT2D eigenvalue weighted by Crippen LogP contribution is -2.28. The minimum atomic E-state index is 0.325. The molecule has 2 aliphatic rings. The number of phenolic OH excluding ortho intramolecular Hbond substituents is 1. The van der Waals surface area contributed by atoms with Crippen LogP contribution < -0.4 is 4.90 Å². The fourth-order valence-electron chi connectivity index (χ4n) is 4.42. The summed E-state index contributed by atoms with van der Waals surface area (Å²) in [5.74, 6) is 2.00. The van der Waals surface area contributed by atoms with Gasteiger partial charge in [-0.3, -0.25) is 0 Å². The van der Waals surface area contributed by atoms with Crippen molar-refractivity contribution in [2.45, 2.75) is 44.6 Å². The molecule has 5 heteroatoms. The fourth-order valence-corrected chi connectivity index (χ4v) is 5.01. The van der Waals surface area contributed by atoms with Gasteiger partial charge in [-0.25, -0.2) is 4.52 Å². The second kappa shape index (κ2) is 7.28. The molecule has 0 amide bonds. The number of hydrogen-bond donors (Lipinski definition) is 1. The second-order valence-corrected chi connectivity index (χ2v) is 9.63. The number of aromatic nitrogens is 2. The Morgan fingerprint density at radius 1 is 1.10 bits per heavy atom. The molecular formula is C24H29N3OS. The van der Waals surface area contributed by atoms with Crippen molar-refractivity contribution in [1.82, 2.24) is 9.61 Å². The van der Waals surface area contributed by atoms with Gasteiger partial charge in [0.2, 0.25) is 0 Å². The van der Waals surface area contributed by atoms with Crippen LogP contribution >= 0.6 is 11.8 Å². The van der Waals surface area contributed by atoms with Gasteiger partial charge >= 0.3 is 0 Å². The number of benzene rings is 1. The molecular weight excluding hydrogens is 378 g/mol. The molecule has 2 aliphatic carbocycles. The van der Waals surface area contributed by atoms with Gasteiger partial charge in [-0.2, -0.15) is 5.10 Å². The molecule has 2 aromatic heterocycles. The Balaban J connectivity index is 1.67. The maximum Gasteiger partial charge on any atom is 0.142 e. The predicted molar refractivity (Wildman–Crippen MR) is 121 cm³/mol. The third-order valence-electron chi connectivity index (χ3n) is 6.18. The van der Waals surface area contributed by atoms with Crippen molar-refractivity contribution in [3.8, 4) is 17.0 Å². The highest BCUT2D eigenvalue weighted by Crippen LogP contribution is 2.42. The molecule has 2 saturated carbocycles. The van der Waals surface area contributed by atoms with E-state index in [9.17, 15) is 5.11 Å². The van der Waals surface area contributed by atoms with Gasteiger partial charge in [0, 0.05) is 18.7 Å². The fraction of sp³-hybridized carbons (Fsp3) is 0.458. The molecule has 0 radical (unpaired) electrons. The van der Waals surface area contributed by atoms with E-state index < -0.39 is 0 Å². The zero-order chi connectivity index (χ0) is 20.1. The summed E-state index contributed by atoms with van der Waals surface area (Å²) in [5, 5.41) is 16.8. The molecule has 2 fully saturated rings. The first-order chi connectivity index (χ1) is 14.0. The van der Waals surface area contributed by atoms with Crippen LogP contribution in [0.2, 0.25) is 0 Å². The third kappa shape index (κ3) is 3.61. The highest BCUT2D eigenvalue weighted by Gasteiger charge is 2.32. The van der Waals surface area contributed by atoms with Crippen LogP contribution in [-0.2, 0) is 0 Å². The predicted octanol–water partition coefficient (Wildman–Crippen LogP) is 5.67. The molecule has 1 N–H and O–H groups in total. The zero-order valence-corrected chi connectivity index (χ0v) is 18.3. The molecule has 0 aliphatic heterocycles. The van der Waals surface area contributed by atoms with Crippen LogP contribution in [0.15, 0.2) is 35.4 Å². The molecule has 2 heterocycles. The van der Waals surface area contributed by atoms with Crippen LogP contribution in [0.1, 0.15) is 36.8 Å². The summed E-state index contributed by atoms with van der Waals surface area (Å²) < 4.78 is 2.05. The van der Waals surface area contributed by atoms with E-state index in [0.717, 1.165) is 57.9 Å². The standard InChI is InChI=1S/C24H29N3OS/c1-15-11-16(2)22(21(28)12-15)19-5-4-6-20-23(24(29-3)25-27(19)20)26(13-17-7-8-17)14-18-9-10-18/h4-6,11-12,17-18,28H,7-10,13-14H2,1-3H3. The first kappa shape index (κ1) is 18.9. The Bertz CT molecular complexity index is 1030. The van der Waals surface area contributed by atoms with Gasteiger partial charge in [0.25, 0.3) is 0 Å². The molecule has 3 aromatic rings. The lowest BCUT2D eigenvalue weighted by Gasteiger charge is -2.25. The topological polar surface area (TPSA) is 40.8 Å². The first-order valence-corrected chi connectivity index (χ1v) is 11.9. The Morgan fingerprint density at radius 3 is 2.38 bits per heavy atom. The lowest BCUT2D eigenvalue weighted by atomic mass is 10.0. The normalized spacial score (nSPS) is 16.5. The van der Waals surface area contributed by atoms with E-state index in [-0.39, 0.29) is 0 Å². The van der Waals surface area contributed by atoms with Crippen LogP contribution in [0.4, 0.5) is 5.69 Å². The van der Waals surface area contributed by atoms with Crippen molar-refractivity contribution in [3.63, 3.8) is 0 Å². The number of phenols is 1. The van der Waals surface area contributed by atoms with Gasteiger partial charge in [0.15, 0.2) is 0 Å². The van der Waals surface area contributed by atoms with Gasteiger partial charge in [-0.15, -0.1) is 11.8 Å². The minimum Gasteiger partial charge on any atom is -0.507 e. The molecule has 4 nitrogen and oxygen atoms in total. The maximum atomic E-state index is 10.7. The largest absolute Gasteiger partial charge is 0.507 e. The number of hydrogen-bond acceptors (Lipinski definition) is 4. The van der Waals surface area contributed by atoms with E-state index in [1.165, 1.54) is 31.4 Å². The van der Waals surface area contributed by atoms with Crippen molar-refractivity contribution in [2.24, 2.45) is 11.8 Å². The van der Waals surface area contributed by atoms with E-state index in [0.29, 0.717) is 5.75 Å². The number of aryl methyl sites for hydroxylation is 2. The lowest BCUT2D eigenvalue weighted by molar-refractivity contribution is 0.476. The van der Waals surface area contributed by atoms with E-state index in [2.05, 4.69) is 42.3 Å². The molecule has 29 heavy (non-hydrogen) atoms. The highest BCUT2D eigenvalue weighted by atomic mass is 32.2. The number of aromatic hydroxyl groups is 1. The van der Waals surface area contributed by atoms with Crippen LogP contribution in [-0.4, -0.2) is 34.1 Å². The van der Waals surface area contributed by atoms with E-state index >= 15 is 0 Å². The number of pyridine rings is 1. The van der Waals surface area contributed by atoms with Crippen LogP contribution in [0.25, 0.3) is 16.8 Å². The molecule has 0 spiro atoms. The van der Waals surface area contributed by atoms with Crippen molar-refractivity contribution >= 4 is 23.0 Å². The summed E-state index contributed by atoms with van der Waals surface area (Å²) in [6.45, 7) is 6.37. The van der Waals surface area contributed by atoms with Gasteiger partial charge in [0.1, 0.15) is 10.8 Å². The van der Waals surface area contributed by atoms with Crippen LogP contribution in [0.5, 0.6) is 5.75 Å². The van der Waals surface area contributed by atoms with Gasteiger partial charge < -0.3 is 10.0 Å². The van der Waals surface area contributed by atoms with Crippen molar-refractivity contribution < 1.29 is 5.11 Å². The highest BCUT2D eigenvalue weighted by molar-refractivity contribution is 7.98. The summed E-state index contributed by atoms with van der Waals surface area (Å²) in [6.07, 6.45) is 7.55. The number of anilines is 1. The molecule has 0 atom stereocenters. The number of rotatable bonds is 7. The van der Waals surface area contributed by atoms with Gasteiger partial charge in [0.05, 0.1) is 16.9 Å². The molecule has 152 valence electrons. The quantitative estimate of drug-likeness (QED) is 0.512. The Kier molecular flexibility index (Phi) is 4.73. The van der Waals surface area contributed by atoms with E-state index in [1.807, 2.05) is 17.5 Å². The summed E-state index contributed by atoms with van der Waals surface area (Å²) >= 11 is 1.72. The zero-order valence-electron chi connectivity index (χ0n) is 17.5. The summed E-state index contributed by atoms with van der Waals surface area (Å²) in [5.41, 5.74) is 6.40. The molecule has 0 saturated heterocycles. The molecule has 0 bridgehead atoms. The third-order valence-corrected chi connectivity index (χ3v) is 6.84. The Morgan fingerprint density at radius 2 is 1.79 bits per heavy atom. The molecule has 1 aromatic carbocycles. The average Bonchev–Trinajstić information content (AvgIpc) is 3.60. The van der Waals surface area contributed by atoms with Gasteiger partial charge in [-0.1, -0.05) is 12.1 Å².